The van der Waals surface area contributed by atoms with E-state index >= 15 is 0 Å². The molecule has 0 aliphatic heterocycles. The molecule has 1 aliphatic carbocycles. The zero-order valence-corrected chi connectivity index (χ0v) is 16.0. The number of aryl methyl sites for hydroxylation is 1. The second-order valence-electron chi connectivity index (χ2n) is 6.67. The first-order valence-electron chi connectivity index (χ1n) is 9.42. The van der Waals surface area contributed by atoms with Crippen molar-refractivity contribution in [3.63, 3.8) is 0 Å². The summed E-state index contributed by atoms with van der Waals surface area (Å²) in [5.74, 6) is 2.20. The Bertz CT molecular complexity index is 788. The Balaban J connectivity index is 1.46. The van der Waals surface area contributed by atoms with Crippen LogP contribution < -0.4 is 19.5 Å². The Morgan fingerprint density at radius 1 is 1.00 bits per heavy atom. The van der Waals surface area contributed by atoms with Crippen molar-refractivity contribution in [1.82, 2.24) is 5.32 Å². The third-order valence-electron chi connectivity index (χ3n) is 4.85. The van der Waals surface area contributed by atoms with Crippen molar-refractivity contribution in [3.8, 4) is 17.2 Å². The van der Waals surface area contributed by atoms with E-state index in [9.17, 15) is 4.79 Å². The van der Waals surface area contributed by atoms with Gasteiger partial charge >= 0.3 is 0 Å². The molecule has 3 rings (SSSR count). The van der Waals surface area contributed by atoms with E-state index in [0.29, 0.717) is 31.1 Å². The molecule has 0 saturated heterocycles. The first-order valence-corrected chi connectivity index (χ1v) is 9.42. The van der Waals surface area contributed by atoms with Gasteiger partial charge in [0, 0.05) is 0 Å². The molecule has 0 atom stereocenters. The normalized spacial score (nSPS) is 12.8. The number of benzene rings is 2. The number of amides is 1. The van der Waals surface area contributed by atoms with Crippen molar-refractivity contribution in [3.05, 3.63) is 53.1 Å². The van der Waals surface area contributed by atoms with E-state index in [-0.39, 0.29) is 5.91 Å². The molecule has 0 unspecified atom stereocenters. The van der Waals surface area contributed by atoms with Crippen molar-refractivity contribution < 1.29 is 19.0 Å². The summed E-state index contributed by atoms with van der Waals surface area (Å²) < 4.78 is 16.4. The van der Waals surface area contributed by atoms with Gasteiger partial charge in [0.1, 0.15) is 12.4 Å². The van der Waals surface area contributed by atoms with E-state index in [4.69, 9.17) is 14.2 Å². The highest BCUT2D eigenvalue weighted by Crippen LogP contribution is 2.29. The van der Waals surface area contributed by atoms with Crippen LogP contribution in [0.4, 0.5) is 0 Å². The van der Waals surface area contributed by atoms with Gasteiger partial charge in [-0.1, -0.05) is 18.2 Å². The maximum Gasteiger partial charge on any atom is 0.224 e. The molecule has 0 saturated carbocycles. The van der Waals surface area contributed by atoms with E-state index < -0.39 is 0 Å². The van der Waals surface area contributed by atoms with Gasteiger partial charge in [0.25, 0.3) is 0 Å². The number of hydrogen-bond donors (Lipinski definition) is 1. The minimum Gasteiger partial charge on any atom is -0.493 e. The molecule has 2 aromatic carbocycles. The number of nitrogens with one attached hydrogen (secondary N) is 1. The van der Waals surface area contributed by atoms with E-state index in [1.165, 1.54) is 24.0 Å². The number of rotatable bonds is 8. The summed E-state index contributed by atoms with van der Waals surface area (Å²) in [6.45, 7) is 0.948. The summed E-state index contributed by atoms with van der Waals surface area (Å²) in [5.41, 5.74) is 3.61. The number of carbonyl (C=O) groups is 1. The van der Waals surface area contributed by atoms with Crippen molar-refractivity contribution in [2.45, 2.75) is 32.1 Å². The maximum absolute atomic E-state index is 12.2. The summed E-state index contributed by atoms with van der Waals surface area (Å²) in [7, 11) is 3.18. The van der Waals surface area contributed by atoms with Crippen LogP contribution in [0.25, 0.3) is 0 Å². The summed E-state index contributed by atoms with van der Waals surface area (Å²) in [6.07, 6.45) is 4.98. The molecule has 0 heterocycles. The lowest BCUT2D eigenvalue weighted by Crippen LogP contribution is -2.29. The Kier molecular flexibility index (Phi) is 6.58. The van der Waals surface area contributed by atoms with Crippen molar-refractivity contribution in [2.24, 2.45) is 0 Å². The first kappa shape index (κ1) is 19.1. The van der Waals surface area contributed by atoms with Crippen LogP contribution in [-0.2, 0) is 24.1 Å². The lowest BCUT2D eigenvalue weighted by atomic mass is 9.91. The molecule has 27 heavy (non-hydrogen) atoms. The molecule has 0 bridgehead atoms. The molecule has 1 aliphatic rings. The molecule has 1 N–H and O–H groups in total. The van der Waals surface area contributed by atoms with Crippen molar-refractivity contribution in [2.75, 3.05) is 27.4 Å². The fourth-order valence-corrected chi connectivity index (χ4v) is 3.47. The number of hydrogen-bond acceptors (Lipinski definition) is 4. The number of methoxy groups -OCH3 is 2. The topological polar surface area (TPSA) is 56.8 Å². The van der Waals surface area contributed by atoms with Gasteiger partial charge in [0.2, 0.25) is 5.91 Å². The van der Waals surface area contributed by atoms with Crippen LogP contribution in [0.15, 0.2) is 36.4 Å². The highest BCUT2D eigenvalue weighted by atomic mass is 16.5. The van der Waals surface area contributed by atoms with Crippen LogP contribution in [0.2, 0.25) is 0 Å². The van der Waals surface area contributed by atoms with Crippen LogP contribution in [-0.4, -0.2) is 33.3 Å². The Morgan fingerprint density at radius 2 is 1.81 bits per heavy atom. The van der Waals surface area contributed by atoms with E-state index in [1.54, 1.807) is 14.2 Å². The quantitative estimate of drug-likeness (QED) is 0.725. The van der Waals surface area contributed by atoms with Gasteiger partial charge in [0.15, 0.2) is 11.5 Å². The average Bonchev–Trinajstić information content (AvgIpc) is 2.71. The molecule has 144 valence electrons. The zero-order chi connectivity index (χ0) is 19.1. The predicted molar refractivity (Wildman–Crippen MR) is 105 cm³/mol. The summed E-state index contributed by atoms with van der Waals surface area (Å²) in [4.78, 5) is 12.2. The lowest BCUT2D eigenvalue weighted by Gasteiger charge is -2.19. The van der Waals surface area contributed by atoms with Gasteiger partial charge in [-0.05, 0) is 60.6 Å². The van der Waals surface area contributed by atoms with Crippen LogP contribution in [0, 0.1) is 0 Å². The van der Waals surface area contributed by atoms with Crippen molar-refractivity contribution >= 4 is 5.91 Å². The van der Waals surface area contributed by atoms with Gasteiger partial charge in [-0.2, -0.15) is 0 Å². The maximum atomic E-state index is 12.2. The monoisotopic (exact) mass is 369 g/mol. The molecular weight excluding hydrogens is 342 g/mol. The summed E-state index contributed by atoms with van der Waals surface area (Å²) in [5, 5.41) is 2.91. The molecule has 0 radical (unpaired) electrons. The SMILES string of the molecule is COc1ccc(CC(=O)NCCOc2cccc3c2CCCC3)cc1OC. The van der Waals surface area contributed by atoms with Gasteiger partial charge in [0.05, 0.1) is 27.2 Å². The molecule has 2 aromatic rings. The Morgan fingerprint density at radius 3 is 2.63 bits per heavy atom. The van der Waals surface area contributed by atoms with Crippen LogP contribution in [0.5, 0.6) is 17.2 Å². The van der Waals surface area contributed by atoms with E-state index in [1.807, 2.05) is 24.3 Å². The highest BCUT2D eigenvalue weighted by molar-refractivity contribution is 5.78. The molecule has 0 aromatic heterocycles. The largest absolute Gasteiger partial charge is 0.493 e. The van der Waals surface area contributed by atoms with Crippen molar-refractivity contribution in [1.29, 1.82) is 0 Å². The highest BCUT2D eigenvalue weighted by Gasteiger charge is 2.14. The molecular formula is C22H27NO4. The molecule has 1 amide bonds. The van der Waals surface area contributed by atoms with Gasteiger partial charge in [-0.15, -0.1) is 0 Å². The standard InChI is InChI=1S/C22H27NO4/c1-25-20-11-10-16(14-21(20)26-2)15-22(24)23-12-13-27-19-9-5-7-17-6-3-4-8-18(17)19/h5,7,9-11,14H,3-4,6,8,12-13,15H2,1-2H3,(H,23,24). The first-order chi connectivity index (χ1) is 13.2. The van der Waals surface area contributed by atoms with Gasteiger partial charge in [-0.25, -0.2) is 0 Å². The summed E-state index contributed by atoms with van der Waals surface area (Å²) >= 11 is 0. The number of carbonyl (C=O) groups excluding carboxylic acids is 1. The van der Waals surface area contributed by atoms with Gasteiger partial charge < -0.3 is 19.5 Å². The third kappa shape index (κ3) is 4.94. The van der Waals surface area contributed by atoms with Crippen LogP contribution in [0.3, 0.4) is 0 Å². The second kappa shape index (κ2) is 9.31. The van der Waals surface area contributed by atoms with Gasteiger partial charge in [-0.3, -0.25) is 4.79 Å². The van der Waals surface area contributed by atoms with Crippen LogP contribution in [0.1, 0.15) is 29.5 Å². The summed E-state index contributed by atoms with van der Waals surface area (Å²) in [6, 6.07) is 11.8. The fraction of sp³-hybridized carbons (Fsp3) is 0.409. The molecule has 0 spiro atoms. The Hall–Kier alpha value is -2.69. The van der Waals surface area contributed by atoms with E-state index in [2.05, 4.69) is 17.4 Å². The number of fused-ring (bicyclic) bond motifs is 1. The molecule has 5 nitrogen and oxygen atoms in total. The zero-order valence-electron chi connectivity index (χ0n) is 16.0. The predicted octanol–water partition coefficient (Wildman–Crippen LogP) is 3.32. The lowest BCUT2D eigenvalue weighted by molar-refractivity contribution is -0.120. The Labute approximate surface area is 160 Å². The fourth-order valence-electron chi connectivity index (χ4n) is 3.47. The second-order valence-corrected chi connectivity index (χ2v) is 6.67. The smallest absolute Gasteiger partial charge is 0.224 e. The molecule has 0 fully saturated rings. The van der Waals surface area contributed by atoms with E-state index in [0.717, 1.165) is 24.2 Å². The third-order valence-corrected chi connectivity index (χ3v) is 4.85. The average molecular weight is 369 g/mol. The minimum atomic E-state index is -0.0408. The minimum absolute atomic E-state index is 0.0408. The number of ether oxygens (including phenoxy) is 3. The van der Waals surface area contributed by atoms with Crippen LogP contribution >= 0.6 is 0 Å². The molecule has 5 heteroatoms.